The Bertz CT molecular complexity index is 1370. The van der Waals surface area contributed by atoms with E-state index < -0.39 is 0 Å². The van der Waals surface area contributed by atoms with E-state index in [-0.39, 0.29) is 22.5 Å². The standard InChI is InChI=1S/C25H25ClN4O3/c1-15-12-29(14-27-15)18-5-6-19-22(31)28(8-9-30(19)23(18)32)13-25-11-21(25)24(2,3)33-20-7-4-16(26)10-17(20)25/h4-7,10,12,14,21H,8-9,11,13H2,1-3H3/t21-,25-/m1/s1. The summed E-state index contributed by atoms with van der Waals surface area (Å²) < 4.78 is 9.58. The predicted octanol–water partition coefficient (Wildman–Crippen LogP) is 3.58. The van der Waals surface area contributed by atoms with Gasteiger partial charge in [0, 0.05) is 47.8 Å². The van der Waals surface area contributed by atoms with E-state index in [9.17, 15) is 9.59 Å². The number of imidazole rings is 1. The van der Waals surface area contributed by atoms with Gasteiger partial charge in [-0.05, 0) is 57.5 Å². The number of hydrogen-bond donors (Lipinski definition) is 0. The van der Waals surface area contributed by atoms with Crippen molar-refractivity contribution in [1.82, 2.24) is 19.0 Å². The van der Waals surface area contributed by atoms with Gasteiger partial charge in [-0.3, -0.25) is 9.59 Å². The smallest absolute Gasteiger partial charge is 0.275 e. The molecule has 0 unspecified atom stereocenters. The van der Waals surface area contributed by atoms with Crippen molar-refractivity contribution in [2.24, 2.45) is 5.92 Å². The summed E-state index contributed by atoms with van der Waals surface area (Å²) >= 11 is 6.34. The summed E-state index contributed by atoms with van der Waals surface area (Å²) in [4.78, 5) is 32.7. The first-order chi connectivity index (χ1) is 15.7. The molecule has 8 heteroatoms. The zero-order valence-electron chi connectivity index (χ0n) is 18.8. The largest absolute Gasteiger partial charge is 0.487 e. The Kier molecular flexibility index (Phi) is 4.19. The fourth-order valence-corrected chi connectivity index (χ4v) is 5.98. The highest BCUT2D eigenvalue weighted by Gasteiger charge is 2.66. The average molecular weight is 465 g/mol. The minimum absolute atomic E-state index is 0.111. The number of aryl methyl sites for hydroxylation is 1. The summed E-state index contributed by atoms with van der Waals surface area (Å²) in [6.45, 7) is 7.65. The average Bonchev–Trinajstić information content (AvgIpc) is 3.38. The lowest BCUT2D eigenvalue weighted by molar-refractivity contribution is 0.0465. The number of pyridine rings is 1. The van der Waals surface area contributed by atoms with Gasteiger partial charge in [0.15, 0.2) is 0 Å². The minimum Gasteiger partial charge on any atom is -0.487 e. The molecule has 33 heavy (non-hydrogen) atoms. The molecule has 3 aromatic rings. The first kappa shape index (κ1) is 20.5. The monoisotopic (exact) mass is 464 g/mol. The molecule has 2 aliphatic heterocycles. The van der Waals surface area contributed by atoms with E-state index in [1.165, 1.54) is 0 Å². The second kappa shape index (κ2) is 6.73. The summed E-state index contributed by atoms with van der Waals surface area (Å²) in [5.41, 5.74) is 2.18. The Labute approximate surface area is 196 Å². The number of ether oxygens (including phenoxy) is 1. The third-order valence-electron chi connectivity index (χ3n) is 7.48. The second-order valence-corrected chi connectivity index (χ2v) is 10.4. The van der Waals surface area contributed by atoms with Crippen LogP contribution in [-0.2, 0) is 12.0 Å². The zero-order valence-corrected chi connectivity index (χ0v) is 19.6. The summed E-state index contributed by atoms with van der Waals surface area (Å²) in [6.07, 6.45) is 4.38. The van der Waals surface area contributed by atoms with Crippen LogP contribution in [0.25, 0.3) is 5.69 Å². The van der Waals surface area contributed by atoms with Crippen LogP contribution in [-0.4, -0.2) is 43.6 Å². The number of halogens is 1. The number of carbonyl (C=O) groups is 1. The van der Waals surface area contributed by atoms with E-state index in [4.69, 9.17) is 16.3 Å². The third-order valence-corrected chi connectivity index (χ3v) is 7.72. The van der Waals surface area contributed by atoms with Crippen molar-refractivity contribution >= 4 is 17.5 Å². The number of amides is 1. The molecule has 3 aliphatic rings. The van der Waals surface area contributed by atoms with E-state index >= 15 is 0 Å². The van der Waals surface area contributed by atoms with Crippen molar-refractivity contribution in [3.05, 3.63) is 75.2 Å². The first-order valence-electron chi connectivity index (χ1n) is 11.2. The van der Waals surface area contributed by atoms with Crippen molar-refractivity contribution in [3.63, 3.8) is 0 Å². The van der Waals surface area contributed by atoms with Gasteiger partial charge in [0.2, 0.25) is 0 Å². The Hall–Kier alpha value is -3.06. The van der Waals surface area contributed by atoms with Gasteiger partial charge in [0.1, 0.15) is 22.7 Å². The van der Waals surface area contributed by atoms with Crippen molar-refractivity contribution < 1.29 is 9.53 Å². The highest BCUT2D eigenvalue weighted by molar-refractivity contribution is 6.30. The van der Waals surface area contributed by atoms with Crippen molar-refractivity contribution in [1.29, 1.82) is 0 Å². The summed E-state index contributed by atoms with van der Waals surface area (Å²) in [6, 6.07) is 9.23. The number of hydrogen-bond acceptors (Lipinski definition) is 4. The van der Waals surface area contributed by atoms with Gasteiger partial charge in [-0.25, -0.2) is 4.98 Å². The van der Waals surface area contributed by atoms with Crippen LogP contribution in [0.3, 0.4) is 0 Å². The van der Waals surface area contributed by atoms with Crippen LogP contribution < -0.4 is 10.3 Å². The van der Waals surface area contributed by atoms with E-state index in [0.717, 1.165) is 23.4 Å². The molecular formula is C25H25ClN4O3. The van der Waals surface area contributed by atoms with Crippen LogP contribution >= 0.6 is 11.6 Å². The molecule has 0 radical (unpaired) electrons. The lowest BCUT2D eigenvalue weighted by Crippen LogP contribution is -2.50. The van der Waals surface area contributed by atoms with Gasteiger partial charge < -0.3 is 18.8 Å². The zero-order chi connectivity index (χ0) is 23.1. The number of carbonyl (C=O) groups excluding carboxylic acids is 1. The SMILES string of the molecule is Cc1cn(-c2ccc3n(c2=O)CCN(C[C@@]24C[C@@H]2C(C)(C)Oc2ccc(Cl)cc24)C3=O)cn1. The van der Waals surface area contributed by atoms with E-state index in [0.29, 0.717) is 42.0 Å². The van der Waals surface area contributed by atoms with Crippen LogP contribution in [0.5, 0.6) is 5.75 Å². The predicted molar refractivity (Wildman–Crippen MR) is 124 cm³/mol. The van der Waals surface area contributed by atoms with Crippen LogP contribution in [0.4, 0.5) is 0 Å². The summed E-state index contributed by atoms with van der Waals surface area (Å²) in [5, 5.41) is 0.672. The van der Waals surface area contributed by atoms with Crippen molar-refractivity contribution in [3.8, 4) is 11.4 Å². The van der Waals surface area contributed by atoms with E-state index in [1.807, 2.05) is 36.2 Å². The molecular weight excluding hydrogens is 440 g/mol. The van der Waals surface area contributed by atoms with Crippen molar-refractivity contribution in [2.75, 3.05) is 13.1 Å². The highest BCUT2D eigenvalue weighted by atomic mass is 35.5. The fourth-order valence-electron chi connectivity index (χ4n) is 5.81. The van der Waals surface area contributed by atoms with E-state index in [1.54, 1.807) is 27.6 Å². The van der Waals surface area contributed by atoms with Gasteiger partial charge in [-0.15, -0.1) is 0 Å². The van der Waals surface area contributed by atoms with Gasteiger partial charge >= 0.3 is 0 Å². The van der Waals surface area contributed by atoms with Crippen LogP contribution in [0.1, 0.15) is 42.0 Å². The maximum absolute atomic E-state index is 13.5. The number of aromatic nitrogens is 3. The number of benzene rings is 1. The topological polar surface area (TPSA) is 69.4 Å². The molecule has 7 nitrogen and oxygen atoms in total. The number of rotatable bonds is 3. The first-order valence-corrected chi connectivity index (χ1v) is 11.6. The fraction of sp³-hybridized carbons (Fsp3) is 0.400. The summed E-state index contributed by atoms with van der Waals surface area (Å²) in [5.74, 6) is 1.04. The second-order valence-electron chi connectivity index (χ2n) is 9.97. The van der Waals surface area contributed by atoms with E-state index in [2.05, 4.69) is 18.8 Å². The normalized spacial score (nSPS) is 24.5. The third kappa shape index (κ3) is 2.98. The van der Waals surface area contributed by atoms with Crippen LogP contribution in [0.2, 0.25) is 5.02 Å². The molecule has 0 saturated heterocycles. The molecule has 6 rings (SSSR count). The summed E-state index contributed by atoms with van der Waals surface area (Å²) in [7, 11) is 0. The molecule has 0 N–H and O–H groups in total. The molecule has 1 fully saturated rings. The maximum Gasteiger partial charge on any atom is 0.275 e. The molecule has 1 amide bonds. The van der Waals surface area contributed by atoms with Gasteiger partial charge in [0.05, 0.1) is 12.0 Å². The van der Waals surface area contributed by atoms with Crippen LogP contribution in [0, 0.1) is 12.8 Å². The highest BCUT2D eigenvalue weighted by Crippen LogP contribution is 2.65. The molecule has 2 aromatic heterocycles. The Morgan fingerprint density at radius 3 is 2.76 bits per heavy atom. The molecule has 1 saturated carbocycles. The molecule has 0 spiro atoms. The Morgan fingerprint density at radius 1 is 1.18 bits per heavy atom. The van der Waals surface area contributed by atoms with Gasteiger partial charge in [0.25, 0.3) is 11.5 Å². The number of nitrogens with zero attached hydrogens (tertiary/aromatic N) is 4. The molecule has 4 heterocycles. The number of fused-ring (bicyclic) bond motifs is 4. The quantitative estimate of drug-likeness (QED) is 0.594. The lowest BCUT2D eigenvalue weighted by atomic mass is 9.83. The lowest BCUT2D eigenvalue weighted by Gasteiger charge is -2.40. The molecule has 2 atom stereocenters. The van der Waals surface area contributed by atoms with Crippen molar-refractivity contribution in [2.45, 2.75) is 44.8 Å². The van der Waals surface area contributed by atoms with Gasteiger partial charge in [-0.1, -0.05) is 11.6 Å². The Morgan fingerprint density at radius 2 is 2.00 bits per heavy atom. The Balaban J connectivity index is 1.34. The molecule has 0 bridgehead atoms. The van der Waals surface area contributed by atoms with Gasteiger partial charge in [-0.2, -0.15) is 0 Å². The molecule has 170 valence electrons. The minimum atomic E-state index is -0.313. The maximum atomic E-state index is 13.5. The molecule has 1 aromatic carbocycles. The molecule has 1 aliphatic carbocycles. The van der Waals surface area contributed by atoms with Crippen LogP contribution in [0.15, 0.2) is 47.7 Å².